The van der Waals surface area contributed by atoms with Crippen LogP contribution in [0.4, 0.5) is 5.69 Å². The minimum absolute atomic E-state index is 1.13. The lowest BCUT2D eigenvalue weighted by Gasteiger charge is -2.18. The molecule has 0 N–H and O–H groups in total. The number of aryl methyl sites for hydroxylation is 1. The number of hydrogen-bond donors (Lipinski definition) is 0. The molecule has 0 bridgehead atoms. The Labute approximate surface area is 86.1 Å². The highest BCUT2D eigenvalue weighted by Crippen LogP contribution is 2.23. The highest BCUT2D eigenvalue weighted by Gasteiger charge is 2.12. The molecule has 0 atom stereocenters. The Kier molecular flexibility index (Phi) is 2.58. The van der Waals surface area contributed by atoms with Gasteiger partial charge in [-0.1, -0.05) is 18.7 Å². The van der Waals surface area contributed by atoms with Crippen LogP contribution in [0.5, 0.6) is 0 Å². The Morgan fingerprint density at radius 3 is 2.57 bits per heavy atom. The summed E-state index contributed by atoms with van der Waals surface area (Å²) >= 11 is 0. The molecule has 0 amide bonds. The molecule has 14 heavy (non-hydrogen) atoms. The fourth-order valence-electron chi connectivity index (χ4n) is 2.02. The minimum atomic E-state index is 1.13. The largest absolute Gasteiger partial charge is 0.372 e. The molecule has 1 aliphatic heterocycles. The quantitative estimate of drug-likeness (QED) is 0.686. The fraction of sp³-hybridized carbons (Fsp3) is 0.385. The summed E-state index contributed by atoms with van der Waals surface area (Å²) in [4.78, 5) is 2.44. The first kappa shape index (κ1) is 9.32. The van der Waals surface area contributed by atoms with Crippen LogP contribution < -0.4 is 4.90 Å². The smallest absolute Gasteiger partial charge is 0.0369 e. The van der Waals surface area contributed by atoms with Crippen molar-refractivity contribution in [3.8, 4) is 0 Å². The van der Waals surface area contributed by atoms with Gasteiger partial charge in [0.15, 0.2) is 0 Å². The molecule has 1 heterocycles. The van der Waals surface area contributed by atoms with Gasteiger partial charge >= 0.3 is 0 Å². The van der Waals surface area contributed by atoms with Crippen LogP contribution in [0, 0.1) is 13.5 Å². The molecule has 1 nitrogen and oxygen atoms in total. The van der Waals surface area contributed by atoms with Crippen molar-refractivity contribution in [1.29, 1.82) is 0 Å². The molecule has 1 aromatic rings. The van der Waals surface area contributed by atoms with E-state index in [0.29, 0.717) is 0 Å². The van der Waals surface area contributed by atoms with E-state index >= 15 is 0 Å². The van der Waals surface area contributed by atoms with Gasteiger partial charge in [-0.05, 0) is 43.0 Å². The van der Waals surface area contributed by atoms with Crippen molar-refractivity contribution in [3.05, 3.63) is 35.9 Å². The normalized spacial score (nSPS) is 15.9. The Bertz CT molecular complexity index is 335. The topological polar surface area (TPSA) is 3.24 Å². The van der Waals surface area contributed by atoms with E-state index in [0.717, 1.165) is 5.56 Å². The Balaban J connectivity index is 2.27. The van der Waals surface area contributed by atoms with Crippen LogP contribution in [0.2, 0.25) is 0 Å². The molecule has 1 heteroatoms. The second-order valence-electron chi connectivity index (χ2n) is 3.90. The van der Waals surface area contributed by atoms with E-state index in [4.69, 9.17) is 6.58 Å². The zero-order valence-corrected chi connectivity index (χ0v) is 8.66. The summed E-state index contributed by atoms with van der Waals surface area (Å²) < 4.78 is 0. The number of hydrogen-bond acceptors (Lipinski definition) is 1. The van der Waals surface area contributed by atoms with Crippen molar-refractivity contribution in [1.82, 2.24) is 0 Å². The van der Waals surface area contributed by atoms with Gasteiger partial charge in [0.2, 0.25) is 0 Å². The molecule has 73 valence electrons. The van der Waals surface area contributed by atoms with E-state index in [1.807, 2.05) is 0 Å². The number of anilines is 1. The molecule has 1 saturated heterocycles. The van der Waals surface area contributed by atoms with E-state index in [1.165, 1.54) is 37.2 Å². The first-order valence-corrected chi connectivity index (χ1v) is 5.22. The highest BCUT2D eigenvalue weighted by atomic mass is 15.1. The van der Waals surface area contributed by atoms with Crippen molar-refractivity contribution >= 4 is 11.8 Å². The van der Waals surface area contributed by atoms with E-state index in [2.05, 4.69) is 30.0 Å². The lowest BCUT2D eigenvalue weighted by atomic mass is 10.1. The van der Waals surface area contributed by atoms with E-state index in [1.54, 1.807) is 6.08 Å². The van der Waals surface area contributed by atoms with Gasteiger partial charge in [-0.15, -0.1) is 0 Å². The first-order chi connectivity index (χ1) is 6.81. The second kappa shape index (κ2) is 3.87. The maximum atomic E-state index is 5.52. The monoisotopic (exact) mass is 186 g/mol. The lowest BCUT2D eigenvalue weighted by molar-refractivity contribution is 0.949. The third kappa shape index (κ3) is 1.67. The Morgan fingerprint density at radius 2 is 2.00 bits per heavy atom. The fourth-order valence-corrected chi connectivity index (χ4v) is 2.02. The molecule has 1 aliphatic rings. The minimum Gasteiger partial charge on any atom is -0.372 e. The SMILES string of the molecule is [CH]=Cc1ccc(N2CCCC2)cc1C. The summed E-state index contributed by atoms with van der Waals surface area (Å²) in [5, 5.41) is 0. The van der Waals surface area contributed by atoms with Crippen molar-refractivity contribution in [2.75, 3.05) is 18.0 Å². The lowest BCUT2D eigenvalue weighted by Crippen LogP contribution is -2.17. The standard InChI is InChI=1S/C13H16N/c1-3-12-6-7-13(10-11(12)2)14-8-4-5-9-14/h1,3,6-7,10H,4-5,8-9H2,2H3. The summed E-state index contributed by atoms with van der Waals surface area (Å²) in [6.07, 6.45) is 4.32. The van der Waals surface area contributed by atoms with Crippen molar-refractivity contribution in [3.63, 3.8) is 0 Å². The highest BCUT2D eigenvalue weighted by molar-refractivity contribution is 5.58. The van der Waals surface area contributed by atoms with E-state index in [-0.39, 0.29) is 0 Å². The maximum Gasteiger partial charge on any atom is 0.0369 e. The average Bonchev–Trinajstić information content (AvgIpc) is 2.70. The molecule has 0 aliphatic carbocycles. The van der Waals surface area contributed by atoms with Gasteiger partial charge in [0.1, 0.15) is 0 Å². The van der Waals surface area contributed by atoms with Crippen molar-refractivity contribution in [2.45, 2.75) is 19.8 Å². The zero-order valence-electron chi connectivity index (χ0n) is 8.66. The predicted molar refractivity (Wildman–Crippen MR) is 61.4 cm³/mol. The molecule has 1 aromatic carbocycles. The van der Waals surface area contributed by atoms with Gasteiger partial charge in [0.05, 0.1) is 0 Å². The number of benzene rings is 1. The molecule has 0 aromatic heterocycles. The molecule has 0 saturated carbocycles. The summed E-state index contributed by atoms with van der Waals surface area (Å²) in [5.41, 5.74) is 3.73. The van der Waals surface area contributed by atoms with Crippen LogP contribution in [-0.4, -0.2) is 13.1 Å². The van der Waals surface area contributed by atoms with Crippen LogP contribution in [0.1, 0.15) is 24.0 Å². The third-order valence-electron chi connectivity index (χ3n) is 2.90. The van der Waals surface area contributed by atoms with Gasteiger partial charge < -0.3 is 4.90 Å². The van der Waals surface area contributed by atoms with Gasteiger partial charge in [-0.25, -0.2) is 0 Å². The summed E-state index contributed by atoms with van der Waals surface area (Å²) in [5.74, 6) is 0. The first-order valence-electron chi connectivity index (χ1n) is 5.22. The van der Waals surface area contributed by atoms with E-state index in [9.17, 15) is 0 Å². The Hall–Kier alpha value is -1.24. The van der Waals surface area contributed by atoms with Gasteiger partial charge in [0.25, 0.3) is 0 Å². The van der Waals surface area contributed by atoms with Crippen molar-refractivity contribution < 1.29 is 0 Å². The summed E-state index contributed by atoms with van der Waals surface area (Å²) in [7, 11) is 0. The number of rotatable bonds is 2. The summed E-state index contributed by atoms with van der Waals surface area (Å²) in [6.45, 7) is 10.0. The van der Waals surface area contributed by atoms with Crippen LogP contribution >= 0.6 is 0 Å². The Morgan fingerprint density at radius 1 is 1.29 bits per heavy atom. The van der Waals surface area contributed by atoms with Gasteiger partial charge in [-0.3, -0.25) is 0 Å². The molecule has 1 fully saturated rings. The van der Waals surface area contributed by atoms with Crippen LogP contribution in [0.15, 0.2) is 18.2 Å². The molecule has 2 rings (SSSR count). The maximum absolute atomic E-state index is 5.52. The summed E-state index contributed by atoms with van der Waals surface area (Å²) in [6, 6.07) is 6.49. The average molecular weight is 186 g/mol. The number of nitrogens with zero attached hydrogens (tertiary/aromatic N) is 1. The van der Waals surface area contributed by atoms with Crippen molar-refractivity contribution in [2.24, 2.45) is 0 Å². The molecule has 1 radical (unpaired) electrons. The zero-order chi connectivity index (χ0) is 9.97. The van der Waals surface area contributed by atoms with Gasteiger partial charge in [-0.2, -0.15) is 0 Å². The predicted octanol–water partition coefficient (Wildman–Crippen LogP) is 3.04. The van der Waals surface area contributed by atoms with Crippen LogP contribution in [0.25, 0.3) is 6.08 Å². The third-order valence-corrected chi connectivity index (χ3v) is 2.90. The second-order valence-corrected chi connectivity index (χ2v) is 3.90. The molecule has 0 spiro atoms. The molecular formula is C13H16N. The van der Waals surface area contributed by atoms with E-state index < -0.39 is 0 Å². The van der Waals surface area contributed by atoms with Crippen LogP contribution in [-0.2, 0) is 0 Å². The van der Waals surface area contributed by atoms with Gasteiger partial charge in [0, 0.05) is 18.8 Å². The molecule has 0 unspecified atom stereocenters. The van der Waals surface area contributed by atoms with Crippen LogP contribution in [0.3, 0.4) is 0 Å². The molecular weight excluding hydrogens is 170 g/mol.